The third kappa shape index (κ3) is 3.97. The maximum atomic E-state index is 12.5. The number of carbonyl (C=O) groups excluding carboxylic acids is 1. The van der Waals surface area contributed by atoms with Crippen molar-refractivity contribution in [1.29, 1.82) is 0 Å². The minimum absolute atomic E-state index is 0.0586. The van der Waals surface area contributed by atoms with Gasteiger partial charge >= 0.3 is 0 Å². The smallest absolute Gasteiger partial charge is 0.227 e. The van der Waals surface area contributed by atoms with E-state index in [1.165, 1.54) is 0 Å². The van der Waals surface area contributed by atoms with Gasteiger partial charge in [-0.15, -0.1) is 10.2 Å². The number of amides is 1. The molecule has 0 aromatic carbocycles. The molecule has 126 valence electrons. The second-order valence-electron chi connectivity index (χ2n) is 6.51. The van der Waals surface area contributed by atoms with Gasteiger partial charge in [-0.25, -0.2) is 0 Å². The highest BCUT2D eigenvalue weighted by molar-refractivity contribution is 5.79. The fourth-order valence-electron chi connectivity index (χ4n) is 2.55. The van der Waals surface area contributed by atoms with Gasteiger partial charge in [0.05, 0.1) is 18.7 Å². The van der Waals surface area contributed by atoms with Gasteiger partial charge in [0.15, 0.2) is 5.82 Å². The molecule has 0 saturated carbocycles. The van der Waals surface area contributed by atoms with Gasteiger partial charge in [-0.1, -0.05) is 13.8 Å². The summed E-state index contributed by atoms with van der Waals surface area (Å²) in [4.78, 5) is 14.2. The van der Waals surface area contributed by atoms with Gasteiger partial charge in [0.1, 0.15) is 6.33 Å². The average Bonchev–Trinajstić information content (AvgIpc) is 2.97. The quantitative estimate of drug-likeness (QED) is 0.809. The zero-order valence-corrected chi connectivity index (χ0v) is 14.9. The predicted octanol–water partition coefficient (Wildman–Crippen LogP) is 1.49. The SMILES string of the molecule is Cc1nn(CC(C)C)c(C)c1CC(=O)N(C)Cc1nncn1C. The molecule has 2 aromatic heterocycles. The van der Waals surface area contributed by atoms with E-state index in [1.807, 2.05) is 30.1 Å². The fourth-order valence-corrected chi connectivity index (χ4v) is 2.55. The van der Waals surface area contributed by atoms with Crippen LogP contribution in [0.5, 0.6) is 0 Å². The summed E-state index contributed by atoms with van der Waals surface area (Å²) in [6, 6.07) is 0. The van der Waals surface area contributed by atoms with E-state index < -0.39 is 0 Å². The molecule has 7 nitrogen and oxygen atoms in total. The topological polar surface area (TPSA) is 68.8 Å². The molecule has 1 amide bonds. The molecule has 0 unspecified atom stereocenters. The van der Waals surface area contributed by atoms with Gasteiger partial charge < -0.3 is 9.47 Å². The number of carbonyl (C=O) groups is 1. The van der Waals surface area contributed by atoms with E-state index in [0.29, 0.717) is 18.9 Å². The second kappa shape index (κ2) is 6.93. The van der Waals surface area contributed by atoms with Gasteiger partial charge in [0.2, 0.25) is 5.91 Å². The number of likely N-dealkylation sites (N-methyl/N-ethyl adjacent to an activating group) is 1. The number of aryl methyl sites for hydroxylation is 2. The minimum atomic E-state index is 0.0586. The molecule has 2 aromatic rings. The number of rotatable bonds is 6. The lowest BCUT2D eigenvalue weighted by Gasteiger charge is -2.16. The Hall–Kier alpha value is -2.18. The van der Waals surface area contributed by atoms with Crippen LogP contribution in [-0.4, -0.2) is 42.4 Å². The highest BCUT2D eigenvalue weighted by Gasteiger charge is 2.18. The standard InChI is InChI=1S/C16H26N6O/c1-11(2)8-22-13(4)14(12(3)19-22)7-16(23)20(5)9-15-18-17-10-21(15)6/h10-11H,7-9H2,1-6H3. The number of hydrogen-bond donors (Lipinski definition) is 0. The van der Waals surface area contributed by atoms with Crippen molar-refractivity contribution in [1.82, 2.24) is 29.4 Å². The molecule has 0 radical (unpaired) electrons. The first kappa shape index (κ1) is 17.2. The van der Waals surface area contributed by atoms with Crippen molar-refractivity contribution in [3.05, 3.63) is 29.1 Å². The van der Waals surface area contributed by atoms with Crippen LogP contribution >= 0.6 is 0 Å². The van der Waals surface area contributed by atoms with E-state index in [1.54, 1.807) is 18.3 Å². The van der Waals surface area contributed by atoms with Crippen LogP contribution in [-0.2, 0) is 31.4 Å². The van der Waals surface area contributed by atoms with Gasteiger partial charge in [-0.2, -0.15) is 5.10 Å². The first-order valence-electron chi connectivity index (χ1n) is 7.89. The lowest BCUT2D eigenvalue weighted by atomic mass is 10.1. The summed E-state index contributed by atoms with van der Waals surface area (Å²) in [5.74, 6) is 1.35. The van der Waals surface area contributed by atoms with E-state index in [9.17, 15) is 4.79 Å². The largest absolute Gasteiger partial charge is 0.338 e. The predicted molar refractivity (Wildman–Crippen MR) is 87.7 cm³/mol. The van der Waals surface area contributed by atoms with Crippen molar-refractivity contribution >= 4 is 5.91 Å². The van der Waals surface area contributed by atoms with E-state index in [2.05, 4.69) is 29.1 Å². The van der Waals surface area contributed by atoms with Crippen LogP contribution in [0.2, 0.25) is 0 Å². The van der Waals surface area contributed by atoms with Crippen molar-refractivity contribution in [3.63, 3.8) is 0 Å². The third-order valence-corrected chi connectivity index (χ3v) is 4.01. The summed E-state index contributed by atoms with van der Waals surface area (Å²) in [5.41, 5.74) is 3.04. The third-order valence-electron chi connectivity index (χ3n) is 4.01. The minimum Gasteiger partial charge on any atom is -0.338 e. The molecular weight excluding hydrogens is 292 g/mol. The first-order chi connectivity index (χ1) is 10.8. The zero-order valence-electron chi connectivity index (χ0n) is 14.9. The highest BCUT2D eigenvalue weighted by Crippen LogP contribution is 2.16. The summed E-state index contributed by atoms with van der Waals surface area (Å²) >= 11 is 0. The van der Waals surface area contributed by atoms with Crippen LogP contribution in [0.3, 0.4) is 0 Å². The van der Waals surface area contributed by atoms with Crippen molar-refractivity contribution in [2.24, 2.45) is 13.0 Å². The number of nitrogens with zero attached hydrogens (tertiary/aromatic N) is 6. The molecule has 2 rings (SSSR count). The van der Waals surface area contributed by atoms with E-state index in [-0.39, 0.29) is 5.91 Å². The lowest BCUT2D eigenvalue weighted by molar-refractivity contribution is -0.129. The Bertz CT molecular complexity index is 685. The molecule has 0 aliphatic rings. The number of aromatic nitrogens is 5. The van der Waals surface area contributed by atoms with Crippen molar-refractivity contribution < 1.29 is 4.79 Å². The van der Waals surface area contributed by atoms with Crippen LogP contribution in [0.1, 0.15) is 36.6 Å². The Balaban J connectivity index is 2.08. The average molecular weight is 318 g/mol. The summed E-state index contributed by atoms with van der Waals surface area (Å²) in [5, 5.41) is 12.4. The lowest BCUT2D eigenvalue weighted by Crippen LogP contribution is -2.29. The molecule has 0 aliphatic heterocycles. The fraction of sp³-hybridized carbons (Fsp3) is 0.625. The highest BCUT2D eigenvalue weighted by atomic mass is 16.2. The monoisotopic (exact) mass is 318 g/mol. The normalized spacial score (nSPS) is 11.3. The number of hydrogen-bond acceptors (Lipinski definition) is 4. The Labute approximate surface area is 137 Å². The Morgan fingerprint density at radius 1 is 1.35 bits per heavy atom. The maximum absolute atomic E-state index is 12.5. The zero-order chi connectivity index (χ0) is 17.1. The Morgan fingerprint density at radius 3 is 2.61 bits per heavy atom. The molecule has 0 fully saturated rings. The maximum Gasteiger partial charge on any atom is 0.227 e. The van der Waals surface area contributed by atoms with E-state index in [4.69, 9.17) is 0 Å². The Kier molecular flexibility index (Phi) is 5.18. The van der Waals surface area contributed by atoms with Gasteiger partial charge in [-0.05, 0) is 19.8 Å². The summed E-state index contributed by atoms with van der Waals surface area (Å²) < 4.78 is 3.83. The van der Waals surface area contributed by atoms with Crippen molar-refractivity contribution in [2.45, 2.75) is 47.2 Å². The molecule has 0 N–H and O–H groups in total. The molecular formula is C16H26N6O. The molecule has 0 saturated heterocycles. The molecule has 0 aliphatic carbocycles. The van der Waals surface area contributed by atoms with Crippen molar-refractivity contribution in [2.75, 3.05) is 7.05 Å². The first-order valence-corrected chi connectivity index (χ1v) is 7.89. The summed E-state index contributed by atoms with van der Waals surface area (Å²) in [6.45, 7) is 9.65. The van der Waals surface area contributed by atoms with Gasteiger partial charge in [0, 0.05) is 31.9 Å². The van der Waals surface area contributed by atoms with Crippen LogP contribution < -0.4 is 0 Å². The van der Waals surface area contributed by atoms with E-state index in [0.717, 1.165) is 29.3 Å². The second-order valence-corrected chi connectivity index (χ2v) is 6.51. The van der Waals surface area contributed by atoms with Gasteiger partial charge in [-0.3, -0.25) is 9.48 Å². The molecule has 0 bridgehead atoms. The van der Waals surface area contributed by atoms with Crippen LogP contribution in [0.15, 0.2) is 6.33 Å². The Morgan fingerprint density at radius 2 is 2.04 bits per heavy atom. The molecule has 7 heteroatoms. The van der Waals surface area contributed by atoms with E-state index >= 15 is 0 Å². The van der Waals surface area contributed by atoms with Crippen LogP contribution in [0.25, 0.3) is 0 Å². The van der Waals surface area contributed by atoms with Crippen molar-refractivity contribution in [3.8, 4) is 0 Å². The molecule has 2 heterocycles. The van der Waals surface area contributed by atoms with Crippen LogP contribution in [0.4, 0.5) is 0 Å². The molecule has 0 atom stereocenters. The van der Waals surface area contributed by atoms with Crippen LogP contribution in [0, 0.1) is 19.8 Å². The summed E-state index contributed by atoms with van der Waals surface area (Å²) in [6.07, 6.45) is 2.00. The molecule has 23 heavy (non-hydrogen) atoms. The van der Waals surface area contributed by atoms with Gasteiger partial charge in [0.25, 0.3) is 0 Å². The molecule has 0 spiro atoms. The summed E-state index contributed by atoms with van der Waals surface area (Å²) in [7, 11) is 3.66.